The minimum atomic E-state index is 0.376. The molecule has 104 valence electrons. The predicted molar refractivity (Wildman–Crippen MR) is 84.9 cm³/mol. The molecule has 3 rings (SSSR count). The highest BCUT2D eigenvalue weighted by molar-refractivity contribution is 9.10. The molecule has 0 radical (unpaired) electrons. The smallest absolute Gasteiger partial charge is 0.0511 e. The van der Waals surface area contributed by atoms with Crippen LogP contribution in [0.3, 0.4) is 0 Å². The molecule has 0 atom stereocenters. The van der Waals surface area contributed by atoms with Gasteiger partial charge in [-0.15, -0.1) is 0 Å². The van der Waals surface area contributed by atoms with Crippen LogP contribution in [0.25, 0.3) is 0 Å². The lowest BCUT2D eigenvalue weighted by Gasteiger charge is -2.47. The van der Waals surface area contributed by atoms with Gasteiger partial charge in [0.1, 0.15) is 0 Å². The first-order valence-corrected chi connectivity index (χ1v) is 8.24. The Kier molecular flexibility index (Phi) is 3.86. The van der Waals surface area contributed by atoms with E-state index in [0.717, 1.165) is 19.6 Å². The number of halogens is 1. The SMILES string of the molecule is Cc1ccc(N2CCNC3(CCCCC3)C2)c(Br)c1. The summed E-state index contributed by atoms with van der Waals surface area (Å²) >= 11 is 3.73. The molecular weight excluding hydrogens is 300 g/mol. The zero-order chi connectivity index (χ0) is 13.3. The van der Waals surface area contributed by atoms with Gasteiger partial charge in [0.15, 0.2) is 0 Å². The molecule has 1 saturated carbocycles. The molecule has 1 aromatic carbocycles. The van der Waals surface area contributed by atoms with E-state index in [1.54, 1.807) is 0 Å². The number of anilines is 1. The number of hydrogen-bond donors (Lipinski definition) is 1. The monoisotopic (exact) mass is 322 g/mol. The van der Waals surface area contributed by atoms with Crippen molar-refractivity contribution in [2.24, 2.45) is 0 Å². The van der Waals surface area contributed by atoms with Gasteiger partial charge in [0.2, 0.25) is 0 Å². The lowest BCUT2D eigenvalue weighted by atomic mass is 9.80. The summed E-state index contributed by atoms with van der Waals surface area (Å²) in [5, 5.41) is 3.81. The Bertz CT molecular complexity index is 447. The van der Waals surface area contributed by atoms with E-state index in [0.29, 0.717) is 5.54 Å². The molecule has 3 heteroatoms. The summed E-state index contributed by atoms with van der Waals surface area (Å²) in [4.78, 5) is 2.56. The van der Waals surface area contributed by atoms with Gasteiger partial charge in [0.05, 0.1) is 5.69 Å². The minimum Gasteiger partial charge on any atom is -0.367 e. The third kappa shape index (κ3) is 2.82. The standard InChI is InChI=1S/C16H23BrN2/c1-13-5-6-15(14(17)11-13)19-10-9-18-16(12-19)7-3-2-4-8-16/h5-6,11,18H,2-4,7-10,12H2,1H3. The van der Waals surface area contributed by atoms with E-state index in [1.165, 1.54) is 47.8 Å². The fourth-order valence-corrected chi connectivity index (χ4v) is 4.34. The molecular formula is C16H23BrN2. The van der Waals surface area contributed by atoms with Crippen LogP contribution in [0, 0.1) is 6.92 Å². The molecule has 1 aliphatic heterocycles. The van der Waals surface area contributed by atoms with Crippen molar-refractivity contribution in [3.05, 3.63) is 28.2 Å². The normalized spacial score (nSPS) is 22.7. The molecule has 1 aliphatic carbocycles. The summed E-state index contributed by atoms with van der Waals surface area (Å²) in [5.41, 5.74) is 3.05. The van der Waals surface area contributed by atoms with Crippen molar-refractivity contribution in [2.75, 3.05) is 24.5 Å². The number of piperazine rings is 1. The zero-order valence-electron chi connectivity index (χ0n) is 11.7. The number of rotatable bonds is 1. The Balaban J connectivity index is 1.81. The average Bonchev–Trinajstić information content (AvgIpc) is 2.39. The van der Waals surface area contributed by atoms with Crippen molar-refractivity contribution in [2.45, 2.75) is 44.6 Å². The van der Waals surface area contributed by atoms with E-state index in [1.807, 2.05) is 0 Å². The van der Waals surface area contributed by atoms with E-state index in [4.69, 9.17) is 0 Å². The molecule has 1 saturated heterocycles. The molecule has 0 amide bonds. The molecule has 0 aromatic heterocycles. The van der Waals surface area contributed by atoms with Gasteiger partial charge < -0.3 is 10.2 Å². The van der Waals surface area contributed by atoms with E-state index in [9.17, 15) is 0 Å². The lowest BCUT2D eigenvalue weighted by molar-refractivity contribution is 0.216. The lowest BCUT2D eigenvalue weighted by Crippen LogP contribution is -2.61. The van der Waals surface area contributed by atoms with Crippen molar-refractivity contribution in [3.8, 4) is 0 Å². The van der Waals surface area contributed by atoms with Crippen LogP contribution in [0.2, 0.25) is 0 Å². The summed E-state index contributed by atoms with van der Waals surface area (Å²) in [6.45, 7) is 5.54. The van der Waals surface area contributed by atoms with E-state index >= 15 is 0 Å². The highest BCUT2D eigenvalue weighted by atomic mass is 79.9. The summed E-state index contributed by atoms with van der Waals surface area (Å²) in [6.07, 6.45) is 6.86. The van der Waals surface area contributed by atoms with Gasteiger partial charge in [-0.2, -0.15) is 0 Å². The van der Waals surface area contributed by atoms with Crippen molar-refractivity contribution < 1.29 is 0 Å². The molecule has 2 nitrogen and oxygen atoms in total. The fourth-order valence-electron chi connectivity index (χ4n) is 3.59. The van der Waals surface area contributed by atoms with E-state index < -0.39 is 0 Å². The topological polar surface area (TPSA) is 15.3 Å². The third-order valence-corrected chi connectivity index (χ3v) is 5.26. The Morgan fingerprint density at radius 1 is 1.21 bits per heavy atom. The predicted octanol–water partition coefficient (Wildman–Crippen LogP) is 3.87. The van der Waals surface area contributed by atoms with Crippen molar-refractivity contribution >= 4 is 21.6 Å². The van der Waals surface area contributed by atoms with Gasteiger partial charge in [0.25, 0.3) is 0 Å². The van der Waals surface area contributed by atoms with Gasteiger partial charge in [-0.25, -0.2) is 0 Å². The van der Waals surface area contributed by atoms with E-state index in [-0.39, 0.29) is 0 Å². The first-order chi connectivity index (χ1) is 9.19. The van der Waals surface area contributed by atoms with Gasteiger partial charge in [-0.3, -0.25) is 0 Å². The first-order valence-electron chi connectivity index (χ1n) is 7.45. The zero-order valence-corrected chi connectivity index (χ0v) is 13.3. The van der Waals surface area contributed by atoms with Gasteiger partial charge in [0, 0.05) is 29.6 Å². The molecule has 2 aliphatic rings. The molecule has 19 heavy (non-hydrogen) atoms. The second kappa shape index (κ2) is 5.45. The van der Waals surface area contributed by atoms with Gasteiger partial charge >= 0.3 is 0 Å². The summed E-state index contributed by atoms with van der Waals surface area (Å²) < 4.78 is 1.24. The highest BCUT2D eigenvalue weighted by Crippen LogP contribution is 2.34. The van der Waals surface area contributed by atoms with Crippen LogP contribution in [0.4, 0.5) is 5.69 Å². The van der Waals surface area contributed by atoms with Crippen LogP contribution >= 0.6 is 15.9 Å². The number of nitrogens with zero attached hydrogens (tertiary/aromatic N) is 1. The molecule has 2 fully saturated rings. The molecule has 0 bridgehead atoms. The Labute approximate surface area is 124 Å². The summed E-state index contributed by atoms with van der Waals surface area (Å²) in [7, 11) is 0. The molecule has 0 unspecified atom stereocenters. The third-order valence-electron chi connectivity index (χ3n) is 4.63. The van der Waals surface area contributed by atoms with Crippen LogP contribution in [0.15, 0.2) is 22.7 Å². The maximum Gasteiger partial charge on any atom is 0.0511 e. The second-order valence-corrected chi connectivity index (χ2v) is 7.00. The molecule has 1 N–H and O–H groups in total. The van der Waals surface area contributed by atoms with Gasteiger partial charge in [-0.1, -0.05) is 25.3 Å². The number of hydrogen-bond acceptors (Lipinski definition) is 2. The number of aryl methyl sites for hydroxylation is 1. The average molecular weight is 323 g/mol. The molecule has 1 spiro atoms. The van der Waals surface area contributed by atoms with Crippen LogP contribution in [0.1, 0.15) is 37.7 Å². The Morgan fingerprint density at radius 3 is 2.74 bits per heavy atom. The van der Waals surface area contributed by atoms with E-state index in [2.05, 4.69) is 51.3 Å². The first kappa shape index (κ1) is 13.4. The summed E-state index contributed by atoms with van der Waals surface area (Å²) in [6, 6.07) is 6.71. The largest absolute Gasteiger partial charge is 0.367 e. The van der Waals surface area contributed by atoms with Crippen LogP contribution in [0.5, 0.6) is 0 Å². The summed E-state index contributed by atoms with van der Waals surface area (Å²) in [5.74, 6) is 0. The van der Waals surface area contributed by atoms with Crippen molar-refractivity contribution in [1.29, 1.82) is 0 Å². The Hall–Kier alpha value is -0.540. The second-order valence-electron chi connectivity index (χ2n) is 6.14. The number of benzene rings is 1. The van der Waals surface area contributed by atoms with Crippen LogP contribution in [-0.2, 0) is 0 Å². The Morgan fingerprint density at radius 2 is 2.00 bits per heavy atom. The fraction of sp³-hybridized carbons (Fsp3) is 0.625. The maximum absolute atomic E-state index is 3.81. The highest BCUT2D eigenvalue weighted by Gasteiger charge is 2.36. The molecule has 1 heterocycles. The minimum absolute atomic E-state index is 0.376. The van der Waals surface area contributed by atoms with Gasteiger partial charge in [-0.05, 0) is 53.4 Å². The van der Waals surface area contributed by atoms with Crippen LogP contribution in [-0.4, -0.2) is 25.2 Å². The number of nitrogens with one attached hydrogen (secondary N) is 1. The van der Waals surface area contributed by atoms with Crippen molar-refractivity contribution in [1.82, 2.24) is 5.32 Å². The quantitative estimate of drug-likeness (QED) is 0.844. The molecule has 1 aromatic rings. The van der Waals surface area contributed by atoms with Crippen LogP contribution < -0.4 is 10.2 Å². The maximum atomic E-state index is 3.81. The van der Waals surface area contributed by atoms with Crippen molar-refractivity contribution in [3.63, 3.8) is 0 Å².